The van der Waals surface area contributed by atoms with Gasteiger partial charge in [-0.1, -0.05) is 12.8 Å². The zero-order valence-corrected chi connectivity index (χ0v) is 9.26. The lowest BCUT2D eigenvalue weighted by Gasteiger charge is -2.25. The summed E-state index contributed by atoms with van der Waals surface area (Å²) in [4.78, 5) is 0. The molecular formula is C13H16FNO. The van der Waals surface area contributed by atoms with Crippen molar-refractivity contribution in [2.24, 2.45) is 5.73 Å². The molecule has 1 fully saturated rings. The molecule has 3 rings (SSSR count). The van der Waals surface area contributed by atoms with Gasteiger partial charge in [-0.3, -0.25) is 0 Å². The Morgan fingerprint density at radius 1 is 1.25 bits per heavy atom. The zero-order valence-electron chi connectivity index (χ0n) is 9.26. The molecule has 3 heteroatoms. The van der Waals surface area contributed by atoms with Crippen molar-refractivity contribution < 1.29 is 9.13 Å². The van der Waals surface area contributed by atoms with Gasteiger partial charge >= 0.3 is 0 Å². The van der Waals surface area contributed by atoms with Gasteiger partial charge in [0.05, 0.1) is 6.61 Å². The van der Waals surface area contributed by atoms with E-state index in [4.69, 9.17) is 10.5 Å². The van der Waals surface area contributed by atoms with Crippen LogP contribution in [0.4, 0.5) is 4.39 Å². The number of halogens is 1. The van der Waals surface area contributed by atoms with E-state index in [9.17, 15) is 4.39 Å². The van der Waals surface area contributed by atoms with Gasteiger partial charge in [0.25, 0.3) is 0 Å². The second kappa shape index (κ2) is 3.45. The fraction of sp³-hybridized carbons (Fsp3) is 0.538. The third-order valence-electron chi connectivity index (χ3n) is 3.81. The number of ether oxygens (including phenoxy) is 1. The molecule has 0 atom stereocenters. The van der Waals surface area contributed by atoms with E-state index in [2.05, 4.69) is 0 Å². The average Bonchev–Trinajstić information content (AvgIpc) is 2.85. The quantitative estimate of drug-likeness (QED) is 0.790. The maximum atomic E-state index is 14.0. The molecule has 0 saturated heterocycles. The van der Waals surface area contributed by atoms with E-state index in [1.165, 1.54) is 6.07 Å². The van der Waals surface area contributed by atoms with Crippen LogP contribution in [0.25, 0.3) is 0 Å². The van der Waals surface area contributed by atoms with Gasteiger partial charge in [-0.25, -0.2) is 4.39 Å². The first-order valence-corrected chi connectivity index (χ1v) is 5.94. The molecule has 0 radical (unpaired) electrons. The molecule has 1 heterocycles. The standard InChI is InChI=1S/C13H16FNO/c14-11-8-12-9(3-6-16-12)7-10(11)13(15)4-1-2-5-13/h7-8H,1-6,15H2. The summed E-state index contributed by atoms with van der Waals surface area (Å²) >= 11 is 0. The molecule has 1 aliphatic carbocycles. The first-order valence-electron chi connectivity index (χ1n) is 5.94. The maximum Gasteiger partial charge on any atom is 0.131 e. The summed E-state index contributed by atoms with van der Waals surface area (Å²) in [6, 6.07) is 3.42. The lowest BCUT2D eigenvalue weighted by Crippen LogP contribution is -2.34. The van der Waals surface area contributed by atoms with Crippen molar-refractivity contribution in [1.29, 1.82) is 0 Å². The van der Waals surface area contributed by atoms with Crippen LogP contribution in [-0.2, 0) is 12.0 Å². The van der Waals surface area contributed by atoms with Gasteiger partial charge in [-0.2, -0.15) is 0 Å². The fourth-order valence-corrected chi connectivity index (χ4v) is 2.86. The van der Waals surface area contributed by atoms with Gasteiger partial charge in [-0.05, 0) is 24.5 Å². The predicted molar refractivity (Wildman–Crippen MR) is 59.9 cm³/mol. The van der Waals surface area contributed by atoms with Crippen LogP contribution in [0.2, 0.25) is 0 Å². The Morgan fingerprint density at radius 2 is 2.00 bits per heavy atom. The molecule has 0 bridgehead atoms. The van der Waals surface area contributed by atoms with E-state index in [1.807, 2.05) is 6.07 Å². The Bertz CT molecular complexity index is 424. The minimum Gasteiger partial charge on any atom is -0.493 e. The topological polar surface area (TPSA) is 35.2 Å². The molecule has 86 valence electrons. The Balaban J connectivity index is 2.07. The summed E-state index contributed by atoms with van der Waals surface area (Å²) in [7, 11) is 0. The second-order valence-corrected chi connectivity index (χ2v) is 4.90. The Hall–Kier alpha value is -1.09. The lowest BCUT2D eigenvalue weighted by molar-refractivity contribution is 0.354. The van der Waals surface area contributed by atoms with Gasteiger partial charge in [-0.15, -0.1) is 0 Å². The normalized spacial score (nSPS) is 21.9. The minimum absolute atomic E-state index is 0.204. The molecule has 0 aromatic heterocycles. The molecule has 2 N–H and O–H groups in total. The highest BCUT2D eigenvalue weighted by atomic mass is 19.1. The third-order valence-corrected chi connectivity index (χ3v) is 3.81. The van der Waals surface area contributed by atoms with E-state index < -0.39 is 5.54 Å². The molecule has 1 aromatic carbocycles. The molecule has 1 aromatic rings. The van der Waals surface area contributed by atoms with Crippen molar-refractivity contribution >= 4 is 0 Å². The van der Waals surface area contributed by atoms with Crippen molar-refractivity contribution in [1.82, 2.24) is 0 Å². The van der Waals surface area contributed by atoms with Crippen LogP contribution >= 0.6 is 0 Å². The van der Waals surface area contributed by atoms with Crippen molar-refractivity contribution in [3.05, 3.63) is 29.1 Å². The van der Waals surface area contributed by atoms with E-state index in [1.54, 1.807) is 0 Å². The number of nitrogens with two attached hydrogens (primary N) is 1. The van der Waals surface area contributed by atoms with Crippen LogP contribution in [0.1, 0.15) is 36.8 Å². The van der Waals surface area contributed by atoms with Crippen molar-refractivity contribution in [3.63, 3.8) is 0 Å². The van der Waals surface area contributed by atoms with Crippen molar-refractivity contribution in [2.75, 3.05) is 6.61 Å². The van der Waals surface area contributed by atoms with Crippen molar-refractivity contribution in [3.8, 4) is 5.75 Å². The molecule has 0 amide bonds. The molecule has 1 saturated carbocycles. The summed E-state index contributed by atoms with van der Waals surface area (Å²) in [5, 5.41) is 0. The summed E-state index contributed by atoms with van der Waals surface area (Å²) in [5.41, 5.74) is 7.65. The number of benzene rings is 1. The van der Waals surface area contributed by atoms with Crippen LogP contribution in [0.3, 0.4) is 0 Å². The summed E-state index contributed by atoms with van der Waals surface area (Å²) in [6.45, 7) is 0.662. The zero-order chi connectivity index (χ0) is 11.2. The smallest absolute Gasteiger partial charge is 0.131 e. The SMILES string of the molecule is NC1(c2cc3c(cc2F)OCC3)CCCC1. The van der Waals surface area contributed by atoms with E-state index in [0.29, 0.717) is 17.9 Å². The summed E-state index contributed by atoms with van der Waals surface area (Å²) in [6.07, 6.45) is 4.86. The van der Waals surface area contributed by atoms with Gasteiger partial charge in [0.1, 0.15) is 11.6 Å². The molecule has 0 unspecified atom stereocenters. The third kappa shape index (κ3) is 1.42. The molecule has 2 aliphatic rings. The van der Waals surface area contributed by atoms with Crippen LogP contribution in [0, 0.1) is 5.82 Å². The average molecular weight is 221 g/mol. The van der Waals surface area contributed by atoms with Gasteiger partial charge in [0.2, 0.25) is 0 Å². The fourth-order valence-electron chi connectivity index (χ4n) is 2.86. The minimum atomic E-state index is -0.443. The highest BCUT2D eigenvalue weighted by Gasteiger charge is 2.34. The van der Waals surface area contributed by atoms with Crippen LogP contribution in [0.5, 0.6) is 5.75 Å². The van der Waals surface area contributed by atoms with Crippen molar-refractivity contribution in [2.45, 2.75) is 37.6 Å². The molecule has 0 spiro atoms. The maximum absolute atomic E-state index is 14.0. The highest BCUT2D eigenvalue weighted by Crippen LogP contribution is 2.40. The largest absolute Gasteiger partial charge is 0.493 e. The Labute approximate surface area is 94.6 Å². The number of fused-ring (bicyclic) bond motifs is 1. The molecule has 2 nitrogen and oxygen atoms in total. The highest BCUT2D eigenvalue weighted by molar-refractivity contribution is 5.43. The van der Waals surface area contributed by atoms with E-state index >= 15 is 0 Å². The molecular weight excluding hydrogens is 205 g/mol. The molecule has 1 aliphatic heterocycles. The summed E-state index contributed by atoms with van der Waals surface area (Å²) < 4.78 is 19.3. The monoisotopic (exact) mass is 221 g/mol. The number of hydrogen-bond acceptors (Lipinski definition) is 2. The first kappa shape index (κ1) is 10.1. The molecule has 16 heavy (non-hydrogen) atoms. The van der Waals surface area contributed by atoms with Gasteiger partial charge < -0.3 is 10.5 Å². The van der Waals surface area contributed by atoms with Crippen LogP contribution in [-0.4, -0.2) is 6.61 Å². The van der Waals surface area contributed by atoms with Gasteiger partial charge in [0, 0.05) is 23.6 Å². The Morgan fingerprint density at radius 3 is 2.75 bits per heavy atom. The second-order valence-electron chi connectivity index (χ2n) is 4.90. The van der Waals surface area contributed by atoms with E-state index in [-0.39, 0.29) is 5.82 Å². The Kier molecular flexibility index (Phi) is 2.18. The summed E-state index contributed by atoms with van der Waals surface area (Å²) in [5.74, 6) is 0.493. The number of hydrogen-bond donors (Lipinski definition) is 1. The van der Waals surface area contributed by atoms with Crippen LogP contribution in [0.15, 0.2) is 12.1 Å². The lowest BCUT2D eigenvalue weighted by atomic mass is 9.87. The number of rotatable bonds is 1. The van der Waals surface area contributed by atoms with Gasteiger partial charge in [0.15, 0.2) is 0 Å². The first-order chi connectivity index (χ1) is 7.69. The van der Waals surface area contributed by atoms with Crippen LogP contribution < -0.4 is 10.5 Å². The predicted octanol–water partition coefficient (Wildman–Crippen LogP) is 2.49. The van der Waals surface area contributed by atoms with E-state index in [0.717, 1.165) is 37.7 Å².